The number of amides is 1. The Morgan fingerprint density at radius 2 is 1.50 bits per heavy atom. The summed E-state index contributed by atoms with van der Waals surface area (Å²) in [7, 11) is 0. The number of benzene rings is 3. The SMILES string of the molecule is O=C(NC(=S)Nc1cc(Cl)c(Sc2ccc(C(F)(F)F)cc2Cl)cc1F)c1c(F)cccc1F. The van der Waals surface area contributed by atoms with Gasteiger partial charge in [-0.2, -0.15) is 13.2 Å². The van der Waals surface area contributed by atoms with Crippen LogP contribution in [-0.2, 0) is 6.18 Å². The summed E-state index contributed by atoms with van der Waals surface area (Å²) < 4.78 is 80.4. The summed E-state index contributed by atoms with van der Waals surface area (Å²) in [5.41, 5.74) is -2.08. The maximum absolute atomic E-state index is 14.6. The molecule has 3 aromatic rings. The Kier molecular flexibility index (Phi) is 8.02. The minimum Gasteiger partial charge on any atom is -0.330 e. The van der Waals surface area contributed by atoms with Crippen LogP contribution in [0.1, 0.15) is 15.9 Å². The molecule has 0 aliphatic heterocycles. The van der Waals surface area contributed by atoms with Crippen LogP contribution in [0.15, 0.2) is 58.3 Å². The highest BCUT2D eigenvalue weighted by Gasteiger charge is 2.31. The third kappa shape index (κ3) is 6.15. The van der Waals surface area contributed by atoms with Gasteiger partial charge in [0, 0.05) is 9.79 Å². The van der Waals surface area contributed by atoms with Crippen LogP contribution < -0.4 is 10.6 Å². The van der Waals surface area contributed by atoms with E-state index in [2.05, 4.69) is 5.32 Å². The summed E-state index contributed by atoms with van der Waals surface area (Å²) in [6.07, 6.45) is -4.57. The fourth-order valence-electron chi connectivity index (χ4n) is 2.61. The van der Waals surface area contributed by atoms with Crippen LogP contribution in [-0.4, -0.2) is 11.0 Å². The molecule has 178 valence electrons. The molecule has 0 aliphatic rings. The van der Waals surface area contributed by atoms with Crippen molar-refractivity contribution < 1.29 is 31.1 Å². The van der Waals surface area contributed by atoms with Gasteiger partial charge in [-0.05, 0) is 54.7 Å². The van der Waals surface area contributed by atoms with Gasteiger partial charge in [0.2, 0.25) is 0 Å². The van der Waals surface area contributed by atoms with E-state index in [9.17, 15) is 31.1 Å². The molecule has 0 radical (unpaired) electrons. The van der Waals surface area contributed by atoms with Gasteiger partial charge in [-0.15, -0.1) is 0 Å². The standard InChI is InChI=1S/C21H10Cl2F6N2OS2/c22-10-6-9(21(27,28)29)4-5-16(10)34-17-8-14(26)15(7-11(17)23)30-20(33)31-19(32)18-12(24)2-1-3-13(18)25/h1-8H,(H2,30,31,32,33). The average Bonchev–Trinajstić information content (AvgIpc) is 2.72. The van der Waals surface area contributed by atoms with Crippen LogP contribution in [0.2, 0.25) is 10.0 Å². The van der Waals surface area contributed by atoms with Gasteiger partial charge in [0.05, 0.1) is 21.3 Å². The number of hydrogen-bond acceptors (Lipinski definition) is 3. The average molecular weight is 555 g/mol. The number of nitrogens with one attached hydrogen (secondary N) is 2. The summed E-state index contributed by atoms with van der Waals surface area (Å²) in [4.78, 5) is 12.4. The zero-order valence-electron chi connectivity index (χ0n) is 16.4. The third-order valence-electron chi connectivity index (χ3n) is 4.17. The van der Waals surface area contributed by atoms with Crippen molar-refractivity contribution in [2.24, 2.45) is 0 Å². The lowest BCUT2D eigenvalue weighted by Crippen LogP contribution is -2.35. The number of carbonyl (C=O) groups excluding carboxylic acids is 1. The summed E-state index contributed by atoms with van der Waals surface area (Å²) in [5.74, 6) is -4.30. The second kappa shape index (κ2) is 10.4. The van der Waals surface area contributed by atoms with Crippen molar-refractivity contribution in [2.45, 2.75) is 16.0 Å². The molecule has 34 heavy (non-hydrogen) atoms. The van der Waals surface area contributed by atoms with Crippen LogP contribution in [0.4, 0.5) is 32.0 Å². The van der Waals surface area contributed by atoms with Crippen molar-refractivity contribution in [3.05, 3.63) is 87.2 Å². The summed E-state index contributed by atoms with van der Waals surface area (Å²) in [5, 5.41) is 3.70. The minimum absolute atomic E-state index is 0.0147. The highest BCUT2D eigenvalue weighted by Crippen LogP contribution is 2.41. The third-order valence-corrected chi connectivity index (χ3v) is 6.35. The smallest absolute Gasteiger partial charge is 0.330 e. The van der Waals surface area contributed by atoms with Crippen LogP contribution in [0.5, 0.6) is 0 Å². The molecule has 0 spiro atoms. The van der Waals surface area contributed by atoms with Gasteiger partial charge in [0.15, 0.2) is 5.11 Å². The lowest BCUT2D eigenvalue weighted by atomic mass is 10.2. The van der Waals surface area contributed by atoms with E-state index in [0.717, 1.165) is 60.3 Å². The van der Waals surface area contributed by atoms with Gasteiger partial charge in [-0.3, -0.25) is 10.1 Å². The first kappa shape index (κ1) is 26.1. The van der Waals surface area contributed by atoms with Crippen LogP contribution in [0.25, 0.3) is 0 Å². The van der Waals surface area contributed by atoms with Crippen LogP contribution in [0, 0.1) is 17.5 Å². The van der Waals surface area contributed by atoms with Gasteiger partial charge in [-0.1, -0.05) is 41.0 Å². The van der Waals surface area contributed by atoms with E-state index in [1.54, 1.807) is 0 Å². The molecule has 0 atom stereocenters. The molecular formula is C21H10Cl2F6N2OS2. The van der Waals surface area contributed by atoms with E-state index in [1.165, 1.54) is 0 Å². The Balaban J connectivity index is 1.74. The number of carbonyl (C=O) groups is 1. The number of anilines is 1. The monoisotopic (exact) mass is 554 g/mol. The van der Waals surface area contributed by atoms with Crippen molar-refractivity contribution in [1.29, 1.82) is 0 Å². The largest absolute Gasteiger partial charge is 0.416 e. The van der Waals surface area contributed by atoms with E-state index in [0.29, 0.717) is 0 Å². The lowest BCUT2D eigenvalue weighted by molar-refractivity contribution is -0.137. The van der Waals surface area contributed by atoms with Crippen LogP contribution in [0.3, 0.4) is 0 Å². The number of halogens is 8. The number of thiocarbonyl (C=S) groups is 1. The quantitative estimate of drug-likeness (QED) is 0.256. The number of rotatable bonds is 4. The molecule has 0 saturated heterocycles. The van der Waals surface area contributed by atoms with Crippen molar-refractivity contribution in [2.75, 3.05) is 5.32 Å². The Labute approximate surface area is 208 Å². The fraction of sp³-hybridized carbons (Fsp3) is 0.0476. The normalized spacial score (nSPS) is 11.3. The van der Waals surface area contributed by atoms with Crippen LogP contribution >= 0.6 is 47.2 Å². The zero-order valence-corrected chi connectivity index (χ0v) is 19.5. The Hall–Kier alpha value is -2.47. The number of alkyl halides is 3. The highest BCUT2D eigenvalue weighted by atomic mass is 35.5. The second-order valence-corrected chi connectivity index (χ2v) is 8.82. The predicted molar refractivity (Wildman–Crippen MR) is 122 cm³/mol. The topological polar surface area (TPSA) is 41.1 Å². The van der Waals surface area contributed by atoms with Gasteiger partial charge in [0.1, 0.15) is 23.0 Å². The van der Waals surface area contributed by atoms with Gasteiger partial charge in [0.25, 0.3) is 5.91 Å². The maximum atomic E-state index is 14.6. The molecule has 0 heterocycles. The predicted octanol–water partition coefficient (Wildman–Crippen LogP) is 7.71. The van der Waals surface area contributed by atoms with Crippen molar-refractivity contribution in [1.82, 2.24) is 5.32 Å². The summed E-state index contributed by atoms with van der Waals surface area (Å²) >= 11 is 17.8. The molecule has 0 saturated carbocycles. The Morgan fingerprint density at radius 3 is 2.09 bits per heavy atom. The molecule has 0 bridgehead atoms. The molecule has 0 aliphatic carbocycles. The van der Waals surface area contributed by atoms with Gasteiger partial charge < -0.3 is 5.32 Å². The molecular weight excluding hydrogens is 545 g/mol. The van der Waals surface area contributed by atoms with E-state index >= 15 is 0 Å². The van der Waals surface area contributed by atoms with E-state index in [1.807, 2.05) is 5.32 Å². The molecule has 2 N–H and O–H groups in total. The Morgan fingerprint density at radius 1 is 0.882 bits per heavy atom. The molecule has 3 rings (SSSR count). The molecule has 13 heteroatoms. The maximum Gasteiger partial charge on any atom is 0.416 e. The molecule has 1 amide bonds. The molecule has 3 nitrogen and oxygen atoms in total. The Bertz CT molecular complexity index is 1270. The van der Waals surface area contributed by atoms with Crippen molar-refractivity contribution in [3.63, 3.8) is 0 Å². The molecule has 0 fully saturated rings. The molecule has 0 unspecified atom stereocenters. The van der Waals surface area contributed by atoms with Crippen molar-refractivity contribution in [3.8, 4) is 0 Å². The number of hydrogen-bond donors (Lipinski definition) is 2. The van der Waals surface area contributed by atoms with E-state index in [4.69, 9.17) is 35.4 Å². The first-order chi connectivity index (χ1) is 15.9. The molecule has 3 aromatic carbocycles. The highest BCUT2D eigenvalue weighted by molar-refractivity contribution is 7.99. The minimum atomic E-state index is -4.57. The van der Waals surface area contributed by atoms with Crippen molar-refractivity contribution >= 4 is 63.9 Å². The first-order valence-corrected chi connectivity index (χ1v) is 10.9. The van der Waals surface area contributed by atoms with E-state index < -0.39 is 45.8 Å². The first-order valence-electron chi connectivity index (χ1n) is 8.97. The lowest BCUT2D eigenvalue weighted by Gasteiger charge is -2.14. The molecule has 0 aromatic heterocycles. The van der Waals surface area contributed by atoms with E-state index in [-0.39, 0.29) is 25.5 Å². The fourth-order valence-corrected chi connectivity index (χ4v) is 4.24. The van der Waals surface area contributed by atoms with Gasteiger partial charge >= 0.3 is 6.18 Å². The summed E-state index contributed by atoms with van der Waals surface area (Å²) in [6, 6.07) is 7.62. The zero-order chi connectivity index (χ0) is 25.2. The second-order valence-electron chi connectivity index (χ2n) is 6.51. The summed E-state index contributed by atoms with van der Waals surface area (Å²) in [6.45, 7) is 0. The van der Waals surface area contributed by atoms with Gasteiger partial charge in [-0.25, -0.2) is 13.2 Å².